The molecule has 0 spiro atoms. The Hall–Kier alpha value is -2.15. The number of carbonyl (C=O) groups excluding carboxylic acids is 2. The summed E-state index contributed by atoms with van der Waals surface area (Å²) < 4.78 is 25.3. The van der Waals surface area contributed by atoms with Crippen molar-refractivity contribution in [3.05, 3.63) is 35.9 Å². The molecule has 7 heteroatoms. The molecule has 1 atom stereocenters. The molecule has 0 aromatic heterocycles. The van der Waals surface area contributed by atoms with Crippen LogP contribution in [0.2, 0.25) is 0 Å². The van der Waals surface area contributed by atoms with Gasteiger partial charge < -0.3 is 19.7 Å². The smallest absolute Gasteiger partial charge is 0.408 e. The summed E-state index contributed by atoms with van der Waals surface area (Å²) in [5.74, 6) is -0.706. The number of ether oxygens (including phenoxy) is 2. The lowest BCUT2D eigenvalue weighted by molar-refractivity contribution is -0.152. The molecule has 27 heavy (non-hydrogen) atoms. The molecule has 1 aromatic carbocycles. The summed E-state index contributed by atoms with van der Waals surface area (Å²) in [5.41, 5.74) is -1.69. The second-order valence-electron chi connectivity index (χ2n) is 8.05. The average molecular weight is 380 g/mol. The van der Waals surface area contributed by atoms with E-state index in [0.29, 0.717) is 31.5 Å². The van der Waals surface area contributed by atoms with E-state index < -0.39 is 29.4 Å². The quantitative estimate of drug-likeness (QED) is 0.795. The fraction of sp³-hybridized carbons (Fsp3) is 0.600. The monoisotopic (exact) mass is 380 g/mol. The Labute approximate surface area is 160 Å². The van der Waals surface area contributed by atoms with Crippen LogP contribution in [0.4, 0.5) is 9.18 Å². The van der Waals surface area contributed by atoms with Gasteiger partial charge in [-0.1, -0.05) is 30.3 Å². The van der Waals surface area contributed by atoms with Crippen molar-refractivity contribution in [2.24, 2.45) is 0 Å². The van der Waals surface area contributed by atoms with Gasteiger partial charge in [0.1, 0.15) is 17.9 Å². The number of nitrogens with zero attached hydrogens (tertiary/aromatic N) is 1. The van der Waals surface area contributed by atoms with Gasteiger partial charge in [0.15, 0.2) is 6.04 Å². The number of piperidine rings is 1. The minimum Gasteiger partial charge on any atom is -0.460 e. The molecule has 0 bridgehead atoms. The van der Waals surface area contributed by atoms with Crippen LogP contribution in [0.25, 0.3) is 0 Å². The first kappa shape index (κ1) is 21.2. The Bertz CT molecular complexity index is 637. The fourth-order valence-electron chi connectivity index (χ4n) is 2.80. The van der Waals surface area contributed by atoms with E-state index in [-0.39, 0.29) is 6.61 Å². The van der Waals surface area contributed by atoms with Crippen LogP contribution in [-0.4, -0.2) is 55.0 Å². The zero-order valence-corrected chi connectivity index (χ0v) is 16.5. The van der Waals surface area contributed by atoms with Gasteiger partial charge in [0, 0.05) is 13.1 Å². The lowest BCUT2D eigenvalue weighted by Gasteiger charge is -2.34. The van der Waals surface area contributed by atoms with Crippen LogP contribution in [0.5, 0.6) is 0 Å². The standard InChI is InChI=1S/C20H29FN2O4/c1-19(2,3)27-18(25)22-16(15-8-6-5-7-9-15)17(24)26-14-20(21)10-12-23(4)13-11-20/h5-9,16H,10-14H2,1-4H3,(H,22,25). The van der Waals surface area contributed by atoms with E-state index in [2.05, 4.69) is 5.32 Å². The van der Waals surface area contributed by atoms with E-state index in [0.717, 1.165) is 0 Å². The zero-order valence-electron chi connectivity index (χ0n) is 16.5. The number of carbonyl (C=O) groups is 2. The maximum absolute atomic E-state index is 14.8. The summed E-state index contributed by atoms with van der Waals surface area (Å²) >= 11 is 0. The largest absolute Gasteiger partial charge is 0.460 e. The molecule has 1 aromatic rings. The van der Waals surface area contributed by atoms with Crippen molar-refractivity contribution in [2.45, 2.75) is 50.9 Å². The predicted molar refractivity (Wildman–Crippen MR) is 100 cm³/mol. The third kappa shape index (κ3) is 6.82. The molecule has 1 N–H and O–H groups in total. The van der Waals surface area contributed by atoms with Crippen LogP contribution >= 0.6 is 0 Å². The number of alkyl carbamates (subject to hydrolysis) is 1. The van der Waals surface area contributed by atoms with E-state index >= 15 is 0 Å². The SMILES string of the molecule is CN1CCC(F)(COC(=O)C(NC(=O)OC(C)(C)C)c2ccccc2)CC1. The van der Waals surface area contributed by atoms with Gasteiger partial charge in [0.2, 0.25) is 0 Å². The third-order valence-corrected chi connectivity index (χ3v) is 4.39. The Morgan fingerprint density at radius 2 is 1.81 bits per heavy atom. The van der Waals surface area contributed by atoms with E-state index in [1.54, 1.807) is 51.1 Å². The van der Waals surface area contributed by atoms with Gasteiger partial charge in [-0.2, -0.15) is 0 Å². The Morgan fingerprint density at radius 3 is 2.37 bits per heavy atom. The molecule has 1 aliphatic rings. The Balaban J connectivity index is 2.04. The molecular weight excluding hydrogens is 351 g/mol. The molecule has 6 nitrogen and oxygen atoms in total. The maximum Gasteiger partial charge on any atom is 0.408 e. The minimum absolute atomic E-state index is 0.312. The first-order chi connectivity index (χ1) is 12.6. The van der Waals surface area contributed by atoms with Crippen molar-refractivity contribution in [1.29, 1.82) is 0 Å². The Morgan fingerprint density at radius 1 is 1.22 bits per heavy atom. The van der Waals surface area contributed by atoms with E-state index in [9.17, 15) is 14.0 Å². The van der Waals surface area contributed by atoms with Crippen molar-refractivity contribution in [2.75, 3.05) is 26.7 Å². The van der Waals surface area contributed by atoms with Gasteiger partial charge in [-0.25, -0.2) is 14.0 Å². The second-order valence-corrected chi connectivity index (χ2v) is 8.05. The highest BCUT2D eigenvalue weighted by Gasteiger charge is 2.36. The molecule has 1 heterocycles. The van der Waals surface area contributed by atoms with Crippen LogP contribution in [-0.2, 0) is 14.3 Å². The molecule has 0 saturated carbocycles. The summed E-state index contributed by atoms with van der Waals surface area (Å²) in [5, 5.41) is 2.53. The lowest BCUT2D eigenvalue weighted by Crippen LogP contribution is -2.44. The summed E-state index contributed by atoms with van der Waals surface area (Å²) in [6.07, 6.45) is -0.110. The highest BCUT2D eigenvalue weighted by Crippen LogP contribution is 2.27. The van der Waals surface area contributed by atoms with Crippen LogP contribution in [0.1, 0.15) is 45.2 Å². The molecule has 2 rings (SSSR count). The number of benzene rings is 1. The van der Waals surface area contributed by atoms with Crippen molar-refractivity contribution in [3.8, 4) is 0 Å². The first-order valence-electron chi connectivity index (χ1n) is 9.17. The molecule has 1 unspecified atom stereocenters. The number of halogens is 1. The van der Waals surface area contributed by atoms with E-state index in [1.165, 1.54) is 0 Å². The number of alkyl halides is 1. The highest BCUT2D eigenvalue weighted by molar-refractivity contribution is 5.82. The van der Waals surface area contributed by atoms with Gasteiger partial charge in [-0.3, -0.25) is 0 Å². The van der Waals surface area contributed by atoms with Gasteiger partial charge in [0.05, 0.1) is 0 Å². The molecule has 0 radical (unpaired) electrons. The Kier molecular flexibility index (Phi) is 6.81. The summed E-state index contributed by atoms with van der Waals surface area (Å²) in [6, 6.07) is 7.64. The molecule has 1 fully saturated rings. The molecule has 1 aliphatic heterocycles. The summed E-state index contributed by atoms with van der Waals surface area (Å²) in [7, 11) is 1.93. The van der Waals surface area contributed by atoms with E-state index in [1.807, 2.05) is 11.9 Å². The molecule has 1 amide bonds. The van der Waals surface area contributed by atoms with Crippen molar-refractivity contribution < 1.29 is 23.5 Å². The van der Waals surface area contributed by atoms with Crippen molar-refractivity contribution >= 4 is 12.1 Å². The average Bonchev–Trinajstić information content (AvgIpc) is 2.60. The van der Waals surface area contributed by atoms with Gasteiger partial charge in [0.25, 0.3) is 0 Å². The van der Waals surface area contributed by atoms with Crippen LogP contribution in [0.15, 0.2) is 30.3 Å². The number of hydrogen-bond acceptors (Lipinski definition) is 5. The molecule has 150 valence electrons. The highest BCUT2D eigenvalue weighted by atomic mass is 19.1. The van der Waals surface area contributed by atoms with Crippen molar-refractivity contribution in [1.82, 2.24) is 10.2 Å². The predicted octanol–water partition coefficient (Wildman–Crippen LogP) is 3.23. The van der Waals surface area contributed by atoms with Crippen LogP contribution < -0.4 is 5.32 Å². The number of rotatable bonds is 5. The fourth-order valence-corrected chi connectivity index (χ4v) is 2.80. The van der Waals surface area contributed by atoms with E-state index in [4.69, 9.17) is 9.47 Å². The van der Waals surface area contributed by atoms with Crippen molar-refractivity contribution in [3.63, 3.8) is 0 Å². The first-order valence-corrected chi connectivity index (χ1v) is 9.17. The normalized spacial score (nSPS) is 18.4. The van der Waals surface area contributed by atoms with Gasteiger partial charge >= 0.3 is 12.1 Å². The van der Waals surface area contributed by atoms with Crippen LogP contribution in [0.3, 0.4) is 0 Å². The number of nitrogens with one attached hydrogen (secondary N) is 1. The molecule has 0 aliphatic carbocycles. The topological polar surface area (TPSA) is 67.9 Å². The second kappa shape index (κ2) is 8.69. The third-order valence-electron chi connectivity index (χ3n) is 4.39. The summed E-state index contributed by atoms with van der Waals surface area (Å²) in [6.45, 7) is 6.11. The zero-order chi connectivity index (χ0) is 20.1. The molecule has 1 saturated heterocycles. The van der Waals surface area contributed by atoms with Gasteiger partial charge in [-0.15, -0.1) is 0 Å². The maximum atomic E-state index is 14.8. The summed E-state index contributed by atoms with van der Waals surface area (Å²) in [4.78, 5) is 26.8. The van der Waals surface area contributed by atoms with Gasteiger partial charge in [-0.05, 0) is 46.2 Å². The number of amides is 1. The molecular formula is C20H29FN2O4. The number of esters is 1. The number of likely N-dealkylation sites (tertiary alicyclic amines) is 1. The lowest BCUT2D eigenvalue weighted by atomic mass is 9.94. The van der Waals surface area contributed by atoms with Crippen LogP contribution in [0, 0.1) is 0 Å². The number of hydrogen-bond donors (Lipinski definition) is 1. The minimum atomic E-state index is -1.53.